The van der Waals surface area contributed by atoms with Crippen LogP contribution in [0.5, 0.6) is 0 Å². The zero-order valence-electron chi connectivity index (χ0n) is 17.6. The number of nitrogens with one attached hydrogen (secondary N) is 2. The van der Waals surface area contributed by atoms with Crippen molar-refractivity contribution in [2.75, 3.05) is 18.4 Å². The summed E-state index contributed by atoms with van der Waals surface area (Å²) in [5.74, 6) is -0.269. The van der Waals surface area contributed by atoms with Crippen molar-refractivity contribution >= 4 is 34.8 Å². The molecular formula is C24H26N6O. The number of nitrogens with zero attached hydrogens (tertiary/aromatic N) is 4. The molecule has 31 heavy (non-hydrogen) atoms. The first-order valence-corrected chi connectivity index (χ1v) is 10.4. The molecule has 0 saturated carbocycles. The van der Waals surface area contributed by atoms with Crippen LogP contribution in [0.3, 0.4) is 0 Å². The standard InChI is InChI=1S/C24H26N6O/c1-17(6-5-11-25-2)18-7-10-22-21(14-18)23(29-28-22)24(31)27-19-8-9-20(26-15-19)16-30-12-3-4-13-30/h5-11,14-15H,2-4,12-13,16H2,1H3,(H,27,31)(H,28,29)/b11-5-,17-6+. The Labute approximate surface area is 181 Å². The van der Waals surface area contributed by atoms with Gasteiger partial charge in [-0.2, -0.15) is 5.10 Å². The lowest BCUT2D eigenvalue weighted by Crippen LogP contribution is -2.19. The van der Waals surface area contributed by atoms with E-state index in [1.165, 1.54) is 12.8 Å². The number of carbonyl (C=O) groups is 1. The Morgan fingerprint density at radius 3 is 2.87 bits per heavy atom. The van der Waals surface area contributed by atoms with Crippen LogP contribution in [-0.4, -0.2) is 45.8 Å². The molecule has 3 aromatic rings. The van der Waals surface area contributed by atoms with Crippen molar-refractivity contribution in [3.63, 3.8) is 0 Å². The molecule has 7 heteroatoms. The van der Waals surface area contributed by atoms with E-state index >= 15 is 0 Å². The first-order valence-electron chi connectivity index (χ1n) is 10.4. The topological polar surface area (TPSA) is 86.3 Å². The largest absolute Gasteiger partial charge is 0.319 e. The number of benzene rings is 1. The van der Waals surface area contributed by atoms with E-state index < -0.39 is 0 Å². The summed E-state index contributed by atoms with van der Waals surface area (Å²) in [5, 5.41) is 10.8. The first-order chi connectivity index (χ1) is 15.1. The van der Waals surface area contributed by atoms with Gasteiger partial charge in [-0.25, -0.2) is 0 Å². The number of allylic oxidation sites excluding steroid dienone is 3. The normalized spacial score (nSPS) is 15.1. The molecule has 158 valence electrons. The number of pyridine rings is 1. The average Bonchev–Trinajstić information content (AvgIpc) is 3.44. The van der Waals surface area contributed by atoms with Gasteiger partial charge in [-0.05, 0) is 81.1 Å². The quantitative estimate of drug-likeness (QED) is 0.442. The van der Waals surface area contributed by atoms with Crippen LogP contribution in [-0.2, 0) is 6.54 Å². The molecule has 0 atom stereocenters. The number of anilines is 1. The van der Waals surface area contributed by atoms with Gasteiger partial charge in [0.2, 0.25) is 0 Å². The number of aromatic amines is 1. The van der Waals surface area contributed by atoms with Crippen molar-refractivity contribution in [1.29, 1.82) is 0 Å². The zero-order chi connectivity index (χ0) is 21.6. The molecule has 2 N–H and O–H groups in total. The minimum atomic E-state index is -0.269. The van der Waals surface area contributed by atoms with E-state index in [4.69, 9.17) is 0 Å². The maximum Gasteiger partial charge on any atom is 0.276 e. The van der Waals surface area contributed by atoms with E-state index in [1.807, 2.05) is 49.4 Å². The second kappa shape index (κ2) is 9.49. The molecule has 1 amide bonds. The van der Waals surface area contributed by atoms with Gasteiger partial charge in [-0.1, -0.05) is 12.1 Å². The molecule has 3 heterocycles. The Bertz CT molecular complexity index is 1140. The third-order valence-electron chi connectivity index (χ3n) is 5.44. The Hall–Kier alpha value is -3.58. The van der Waals surface area contributed by atoms with Crippen molar-refractivity contribution in [3.8, 4) is 0 Å². The monoisotopic (exact) mass is 414 g/mol. The van der Waals surface area contributed by atoms with E-state index in [9.17, 15) is 4.79 Å². The van der Waals surface area contributed by atoms with Crippen LogP contribution in [0.4, 0.5) is 5.69 Å². The van der Waals surface area contributed by atoms with Gasteiger partial charge in [0.05, 0.1) is 23.1 Å². The Morgan fingerprint density at radius 1 is 1.29 bits per heavy atom. The van der Waals surface area contributed by atoms with Crippen molar-refractivity contribution < 1.29 is 4.79 Å². The Balaban J connectivity index is 1.49. The summed E-state index contributed by atoms with van der Waals surface area (Å²) in [6, 6.07) is 9.74. The number of aromatic nitrogens is 3. The van der Waals surface area contributed by atoms with Crippen molar-refractivity contribution in [1.82, 2.24) is 20.1 Å². The van der Waals surface area contributed by atoms with Crippen molar-refractivity contribution in [2.45, 2.75) is 26.3 Å². The molecular weight excluding hydrogens is 388 g/mol. The SMILES string of the molecule is C=N/C=C\C=C(/C)c1ccc2[nH]nc(C(=O)Nc3ccc(CN4CCCC4)nc3)c2c1. The maximum absolute atomic E-state index is 12.9. The highest BCUT2D eigenvalue weighted by molar-refractivity contribution is 6.11. The zero-order valence-corrected chi connectivity index (χ0v) is 17.6. The smallest absolute Gasteiger partial charge is 0.276 e. The molecule has 1 fully saturated rings. The highest BCUT2D eigenvalue weighted by Crippen LogP contribution is 2.23. The molecule has 7 nitrogen and oxygen atoms in total. The van der Waals surface area contributed by atoms with Crippen LogP contribution in [0.15, 0.2) is 59.9 Å². The summed E-state index contributed by atoms with van der Waals surface area (Å²) in [5.41, 5.74) is 4.88. The van der Waals surface area contributed by atoms with Crippen molar-refractivity contribution in [2.24, 2.45) is 4.99 Å². The number of hydrogen-bond donors (Lipinski definition) is 2. The summed E-state index contributed by atoms with van der Waals surface area (Å²) in [4.78, 5) is 23.5. The fraction of sp³-hybridized carbons (Fsp3) is 0.250. The number of likely N-dealkylation sites (tertiary alicyclic amines) is 1. The number of rotatable bonds is 7. The third-order valence-corrected chi connectivity index (χ3v) is 5.44. The molecule has 1 aliphatic rings. The minimum Gasteiger partial charge on any atom is -0.319 e. The molecule has 1 saturated heterocycles. The van der Waals surface area contributed by atoms with Gasteiger partial charge >= 0.3 is 0 Å². The molecule has 1 aliphatic heterocycles. The highest BCUT2D eigenvalue weighted by atomic mass is 16.1. The highest BCUT2D eigenvalue weighted by Gasteiger charge is 2.16. The lowest BCUT2D eigenvalue weighted by Gasteiger charge is -2.13. The molecule has 0 spiro atoms. The summed E-state index contributed by atoms with van der Waals surface area (Å²) in [7, 11) is 0. The Kier molecular flexibility index (Phi) is 6.33. The molecule has 1 aromatic carbocycles. The number of fused-ring (bicyclic) bond motifs is 1. The first kappa shape index (κ1) is 20.7. The second-order valence-corrected chi connectivity index (χ2v) is 7.68. The summed E-state index contributed by atoms with van der Waals surface area (Å²) in [6.07, 6.45) is 9.62. The van der Waals surface area contributed by atoms with Crippen LogP contribution < -0.4 is 5.32 Å². The van der Waals surface area contributed by atoms with E-state index in [2.05, 4.69) is 37.1 Å². The van der Waals surface area contributed by atoms with Gasteiger partial charge in [-0.3, -0.25) is 24.8 Å². The fourth-order valence-corrected chi connectivity index (χ4v) is 3.73. The summed E-state index contributed by atoms with van der Waals surface area (Å²) >= 11 is 0. The molecule has 4 rings (SSSR count). The predicted octanol–water partition coefficient (Wildman–Crippen LogP) is 4.42. The fourth-order valence-electron chi connectivity index (χ4n) is 3.73. The van der Waals surface area contributed by atoms with Crippen LogP contribution in [0.2, 0.25) is 0 Å². The van der Waals surface area contributed by atoms with Crippen LogP contribution >= 0.6 is 0 Å². The average molecular weight is 415 g/mol. The number of H-pyrrole nitrogens is 1. The lowest BCUT2D eigenvalue weighted by atomic mass is 10.0. The summed E-state index contributed by atoms with van der Waals surface area (Å²) in [6.45, 7) is 8.54. The van der Waals surface area contributed by atoms with Crippen LogP contribution in [0.25, 0.3) is 16.5 Å². The number of aliphatic imine (C=N–C) groups is 1. The molecule has 0 bridgehead atoms. The van der Waals surface area contributed by atoms with Gasteiger partial charge in [0.15, 0.2) is 5.69 Å². The van der Waals surface area contributed by atoms with Gasteiger partial charge in [0.1, 0.15) is 0 Å². The van der Waals surface area contributed by atoms with Gasteiger partial charge in [0, 0.05) is 18.1 Å². The molecule has 2 aromatic heterocycles. The lowest BCUT2D eigenvalue weighted by molar-refractivity contribution is 0.102. The van der Waals surface area contributed by atoms with Gasteiger partial charge in [-0.15, -0.1) is 0 Å². The van der Waals surface area contributed by atoms with Crippen LogP contribution in [0.1, 0.15) is 41.5 Å². The molecule has 0 unspecified atom stereocenters. The van der Waals surface area contributed by atoms with Gasteiger partial charge in [0.25, 0.3) is 5.91 Å². The third kappa shape index (κ3) is 4.95. The maximum atomic E-state index is 12.9. The predicted molar refractivity (Wildman–Crippen MR) is 125 cm³/mol. The van der Waals surface area contributed by atoms with E-state index in [0.29, 0.717) is 11.4 Å². The summed E-state index contributed by atoms with van der Waals surface area (Å²) < 4.78 is 0. The van der Waals surface area contributed by atoms with Crippen molar-refractivity contribution in [3.05, 3.63) is 71.8 Å². The van der Waals surface area contributed by atoms with E-state index in [-0.39, 0.29) is 5.91 Å². The number of hydrogen-bond acceptors (Lipinski definition) is 5. The second-order valence-electron chi connectivity index (χ2n) is 7.68. The van der Waals surface area contributed by atoms with Crippen LogP contribution in [0, 0.1) is 0 Å². The molecule has 0 radical (unpaired) electrons. The van der Waals surface area contributed by atoms with E-state index in [0.717, 1.165) is 47.4 Å². The minimum absolute atomic E-state index is 0.269. The van der Waals surface area contributed by atoms with E-state index in [1.54, 1.807) is 12.4 Å². The van der Waals surface area contributed by atoms with Gasteiger partial charge < -0.3 is 5.32 Å². The number of amides is 1. The molecule has 0 aliphatic carbocycles. The number of carbonyl (C=O) groups excluding carboxylic acids is 1. The Morgan fingerprint density at radius 2 is 2.13 bits per heavy atom.